The van der Waals surface area contributed by atoms with Gasteiger partial charge in [-0.3, -0.25) is 4.90 Å². The van der Waals surface area contributed by atoms with Gasteiger partial charge in [0.15, 0.2) is 0 Å². The molecule has 1 saturated carbocycles. The third-order valence-corrected chi connectivity index (χ3v) is 4.01. The Labute approximate surface area is 107 Å². The zero-order valence-electron chi connectivity index (χ0n) is 10.9. The highest BCUT2D eigenvalue weighted by atomic mass is 16.4. The van der Waals surface area contributed by atoms with Crippen LogP contribution in [0.5, 0.6) is 0 Å². The van der Waals surface area contributed by atoms with Crippen LogP contribution < -0.4 is 0 Å². The molecule has 2 aliphatic rings. The van der Waals surface area contributed by atoms with Crippen LogP contribution in [0.2, 0.25) is 0 Å². The average Bonchev–Trinajstić information content (AvgIpc) is 3.11. The van der Waals surface area contributed by atoms with E-state index in [4.69, 9.17) is 4.42 Å². The molecule has 18 heavy (non-hydrogen) atoms. The lowest BCUT2D eigenvalue weighted by Crippen LogP contribution is -2.43. The minimum atomic E-state index is 0.0254. The lowest BCUT2D eigenvalue weighted by Gasteiger charge is -2.38. The summed E-state index contributed by atoms with van der Waals surface area (Å²) in [5.74, 6) is 2.06. The lowest BCUT2D eigenvalue weighted by molar-refractivity contribution is 0.0389. The fraction of sp³-hybridized carbons (Fsp3) is 0.846. The molecule has 2 heterocycles. The maximum Gasteiger partial charge on any atom is 0.230 e. The summed E-state index contributed by atoms with van der Waals surface area (Å²) in [4.78, 5) is 2.31. The largest absolute Gasteiger partial charge is 0.424 e. The van der Waals surface area contributed by atoms with E-state index in [1.54, 1.807) is 0 Å². The van der Waals surface area contributed by atoms with Gasteiger partial charge in [0.05, 0.1) is 6.54 Å². The van der Waals surface area contributed by atoms with E-state index in [1.807, 2.05) is 0 Å². The lowest BCUT2D eigenvalue weighted by atomic mass is 9.83. The zero-order valence-corrected chi connectivity index (χ0v) is 10.9. The normalized spacial score (nSPS) is 29.7. The van der Waals surface area contributed by atoms with Crippen LogP contribution in [0.15, 0.2) is 4.42 Å². The smallest absolute Gasteiger partial charge is 0.230 e. The minimum absolute atomic E-state index is 0.0254. The van der Waals surface area contributed by atoms with Crippen molar-refractivity contribution in [2.75, 3.05) is 19.7 Å². The quantitative estimate of drug-likeness (QED) is 0.879. The number of hydrogen-bond acceptors (Lipinski definition) is 5. The first-order chi connectivity index (χ1) is 8.68. The SMILES string of the molecule is CC1(CO)CCCN(Cc2nnc(C3CC3)o2)C1. The van der Waals surface area contributed by atoms with Crippen molar-refractivity contribution in [3.05, 3.63) is 11.8 Å². The molecule has 5 heteroatoms. The molecule has 1 saturated heterocycles. The topological polar surface area (TPSA) is 62.4 Å². The van der Waals surface area contributed by atoms with E-state index in [1.165, 1.54) is 12.8 Å². The van der Waals surface area contributed by atoms with Gasteiger partial charge in [-0.2, -0.15) is 0 Å². The summed E-state index contributed by atoms with van der Waals surface area (Å²) in [6, 6.07) is 0. The molecule has 5 nitrogen and oxygen atoms in total. The highest BCUT2D eigenvalue weighted by molar-refractivity contribution is 5.00. The number of aliphatic hydroxyl groups is 1. The standard InChI is InChI=1S/C13H21N3O2/c1-13(9-17)5-2-6-16(8-13)7-11-14-15-12(18-11)10-3-4-10/h10,17H,2-9H2,1H3. The summed E-state index contributed by atoms with van der Waals surface area (Å²) in [5.41, 5.74) is 0.0254. The molecule has 1 aromatic heterocycles. The minimum Gasteiger partial charge on any atom is -0.424 e. The van der Waals surface area contributed by atoms with Crippen LogP contribution in [-0.2, 0) is 6.54 Å². The summed E-state index contributed by atoms with van der Waals surface area (Å²) in [6.45, 7) is 5.07. The van der Waals surface area contributed by atoms with Crippen molar-refractivity contribution in [2.24, 2.45) is 5.41 Å². The van der Waals surface area contributed by atoms with E-state index < -0.39 is 0 Å². The molecule has 0 radical (unpaired) electrons. The third kappa shape index (κ3) is 2.57. The molecule has 2 fully saturated rings. The third-order valence-electron chi connectivity index (χ3n) is 4.01. The van der Waals surface area contributed by atoms with E-state index in [0.29, 0.717) is 5.92 Å². The Morgan fingerprint density at radius 1 is 1.44 bits per heavy atom. The fourth-order valence-electron chi connectivity index (χ4n) is 2.71. The average molecular weight is 251 g/mol. The fourth-order valence-corrected chi connectivity index (χ4v) is 2.71. The predicted molar refractivity (Wildman–Crippen MR) is 66.0 cm³/mol. The van der Waals surface area contributed by atoms with Crippen molar-refractivity contribution < 1.29 is 9.52 Å². The van der Waals surface area contributed by atoms with E-state index in [9.17, 15) is 5.11 Å². The summed E-state index contributed by atoms with van der Waals surface area (Å²) < 4.78 is 5.69. The van der Waals surface area contributed by atoms with Gasteiger partial charge < -0.3 is 9.52 Å². The van der Waals surface area contributed by atoms with Crippen LogP contribution in [0.25, 0.3) is 0 Å². The van der Waals surface area contributed by atoms with E-state index in [-0.39, 0.29) is 12.0 Å². The summed E-state index contributed by atoms with van der Waals surface area (Å²) in [7, 11) is 0. The van der Waals surface area contributed by atoms with Gasteiger partial charge in [0, 0.05) is 24.5 Å². The Bertz CT molecular complexity index is 416. The van der Waals surface area contributed by atoms with E-state index in [2.05, 4.69) is 22.0 Å². The molecular formula is C13H21N3O2. The van der Waals surface area contributed by atoms with Gasteiger partial charge in [0.2, 0.25) is 11.8 Å². The van der Waals surface area contributed by atoms with Crippen molar-refractivity contribution in [1.82, 2.24) is 15.1 Å². The van der Waals surface area contributed by atoms with E-state index >= 15 is 0 Å². The molecule has 100 valence electrons. The van der Waals surface area contributed by atoms with Gasteiger partial charge in [-0.05, 0) is 32.2 Å². The molecular weight excluding hydrogens is 230 g/mol. The van der Waals surface area contributed by atoms with Gasteiger partial charge >= 0.3 is 0 Å². The van der Waals surface area contributed by atoms with Gasteiger partial charge in [0.1, 0.15) is 0 Å². The molecule has 0 amide bonds. The Balaban J connectivity index is 1.60. The second-order valence-electron chi connectivity index (χ2n) is 6.09. The second-order valence-corrected chi connectivity index (χ2v) is 6.09. The first kappa shape index (κ1) is 12.1. The van der Waals surface area contributed by atoms with Crippen molar-refractivity contribution in [3.8, 4) is 0 Å². The van der Waals surface area contributed by atoms with Crippen molar-refractivity contribution in [3.63, 3.8) is 0 Å². The summed E-state index contributed by atoms with van der Waals surface area (Å²) in [5, 5.41) is 17.7. The number of aromatic nitrogens is 2. The Hall–Kier alpha value is -0.940. The van der Waals surface area contributed by atoms with Gasteiger partial charge in [-0.25, -0.2) is 0 Å². The van der Waals surface area contributed by atoms with E-state index in [0.717, 1.165) is 44.3 Å². The molecule has 1 aliphatic carbocycles. The Morgan fingerprint density at radius 3 is 3.00 bits per heavy atom. The molecule has 0 aromatic carbocycles. The summed E-state index contributed by atoms with van der Waals surface area (Å²) in [6.07, 6.45) is 4.60. The van der Waals surface area contributed by atoms with Crippen molar-refractivity contribution in [2.45, 2.75) is 45.1 Å². The number of nitrogens with zero attached hydrogens (tertiary/aromatic N) is 3. The van der Waals surface area contributed by atoms with Crippen molar-refractivity contribution in [1.29, 1.82) is 0 Å². The monoisotopic (exact) mass is 251 g/mol. The van der Waals surface area contributed by atoms with Crippen LogP contribution in [-0.4, -0.2) is 39.9 Å². The first-order valence-electron chi connectivity index (χ1n) is 6.84. The zero-order chi connectivity index (χ0) is 12.6. The molecule has 1 unspecified atom stereocenters. The molecule has 1 aliphatic heterocycles. The predicted octanol–water partition coefficient (Wildman–Crippen LogP) is 1.54. The number of likely N-dealkylation sites (tertiary alicyclic amines) is 1. The van der Waals surface area contributed by atoms with Gasteiger partial charge in [0.25, 0.3) is 0 Å². The van der Waals surface area contributed by atoms with Crippen LogP contribution in [0.3, 0.4) is 0 Å². The highest BCUT2D eigenvalue weighted by Gasteiger charge is 2.32. The van der Waals surface area contributed by atoms with Crippen LogP contribution >= 0.6 is 0 Å². The van der Waals surface area contributed by atoms with Gasteiger partial charge in [-0.15, -0.1) is 10.2 Å². The Kier molecular flexibility index (Phi) is 3.11. The molecule has 1 aromatic rings. The highest BCUT2D eigenvalue weighted by Crippen LogP contribution is 2.39. The number of hydrogen-bond donors (Lipinski definition) is 1. The second kappa shape index (κ2) is 4.63. The molecule has 0 bridgehead atoms. The number of rotatable bonds is 4. The Morgan fingerprint density at radius 2 is 2.28 bits per heavy atom. The maximum absolute atomic E-state index is 9.44. The first-order valence-corrected chi connectivity index (χ1v) is 6.84. The summed E-state index contributed by atoms with van der Waals surface area (Å²) >= 11 is 0. The van der Waals surface area contributed by atoms with Crippen LogP contribution in [0, 0.1) is 5.41 Å². The molecule has 1 atom stereocenters. The van der Waals surface area contributed by atoms with Crippen LogP contribution in [0.1, 0.15) is 50.3 Å². The maximum atomic E-state index is 9.44. The van der Waals surface area contributed by atoms with Gasteiger partial charge in [-0.1, -0.05) is 6.92 Å². The number of piperidine rings is 1. The van der Waals surface area contributed by atoms with Crippen molar-refractivity contribution >= 4 is 0 Å². The number of aliphatic hydroxyl groups excluding tert-OH is 1. The molecule has 1 N–H and O–H groups in total. The molecule has 0 spiro atoms. The molecule has 3 rings (SSSR count). The van der Waals surface area contributed by atoms with Crippen LogP contribution in [0.4, 0.5) is 0 Å².